The molecule has 27 heavy (non-hydrogen) atoms. The van der Waals surface area contributed by atoms with Crippen LogP contribution in [0.5, 0.6) is 0 Å². The van der Waals surface area contributed by atoms with Crippen molar-refractivity contribution in [1.82, 2.24) is 9.80 Å². The van der Waals surface area contributed by atoms with Gasteiger partial charge in [-0.2, -0.15) is 8.42 Å². The largest absolute Gasteiger partial charge is 0.355 e. The van der Waals surface area contributed by atoms with E-state index in [1.807, 2.05) is 17.0 Å². The molecule has 1 amide bonds. The molecule has 0 atom stereocenters. The molecule has 4 rings (SSSR count). The Bertz CT molecular complexity index is 853. The minimum Gasteiger partial charge on any atom is -0.355 e. The Kier molecular flexibility index (Phi) is 4.97. The standard InChI is InChI=1S/C20H27N3O3S/c1-2-11-23(14-15-7-8-15)20(24)16-9-12-22(13-10-16)19-17-5-3-4-6-18(17)27(25,26)21-19/h3-6,15-16H,2,7-14H2,1H3. The second-order valence-corrected chi connectivity index (χ2v) is 9.45. The Morgan fingerprint density at radius 2 is 1.89 bits per heavy atom. The Labute approximate surface area is 161 Å². The van der Waals surface area contributed by atoms with Crippen molar-refractivity contribution in [3.8, 4) is 0 Å². The van der Waals surface area contributed by atoms with E-state index < -0.39 is 10.0 Å². The Balaban J connectivity index is 1.42. The summed E-state index contributed by atoms with van der Waals surface area (Å²) in [5, 5.41) is 0. The maximum atomic E-state index is 13.0. The van der Waals surface area contributed by atoms with E-state index in [1.165, 1.54) is 12.8 Å². The average Bonchev–Trinajstić information content (AvgIpc) is 3.45. The van der Waals surface area contributed by atoms with E-state index in [1.54, 1.807) is 12.1 Å². The molecule has 0 unspecified atom stereocenters. The fourth-order valence-corrected chi connectivity index (χ4v) is 5.31. The maximum Gasteiger partial charge on any atom is 0.285 e. The Morgan fingerprint density at radius 1 is 1.19 bits per heavy atom. The van der Waals surface area contributed by atoms with Crippen LogP contribution in [0.2, 0.25) is 0 Å². The fourth-order valence-electron chi connectivity index (χ4n) is 4.09. The zero-order valence-electron chi connectivity index (χ0n) is 15.8. The van der Waals surface area contributed by atoms with Gasteiger partial charge in [0.15, 0.2) is 5.84 Å². The molecular formula is C20H27N3O3S. The van der Waals surface area contributed by atoms with Crippen molar-refractivity contribution in [2.24, 2.45) is 16.2 Å². The highest BCUT2D eigenvalue weighted by Gasteiger charge is 2.36. The summed E-state index contributed by atoms with van der Waals surface area (Å²) >= 11 is 0. The van der Waals surface area contributed by atoms with Crippen molar-refractivity contribution in [3.63, 3.8) is 0 Å². The normalized spacial score (nSPS) is 21.7. The molecule has 2 fully saturated rings. The summed E-state index contributed by atoms with van der Waals surface area (Å²) in [6.07, 6.45) is 5.00. The van der Waals surface area contributed by atoms with Crippen LogP contribution in [0.3, 0.4) is 0 Å². The van der Waals surface area contributed by atoms with Gasteiger partial charge in [-0.25, -0.2) is 0 Å². The molecule has 0 aromatic heterocycles. The average molecular weight is 390 g/mol. The summed E-state index contributed by atoms with van der Waals surface area (Å²) in [5.41, 5.74) is 0.684. The second-order valence-electron chi connectivity index (χ2n) is 7.88. The summed E-state index contributed by atoms with van der Waals surface area (Å²) in [7, 11) is -3.59. The number of carbonyl (C=O) groups is 1. The number of sulfonamides is 1. The number of likely N-dealkylation sites (tertiary alicyclic amines) is 1. The first kappa shape index (κ1) is 18.5. The zero-order valence-corrected chi connectivity index (χ0v) is 16.6. The SMILES string of the molecule is CCCN(CC1CC1)C(=O)C1CCN(C2=NS(=O)(=O)c3ccccc32)CC1. The highest BCUT2D eigenvalue weighted by atomic mass is 32.2. The van der Waals surface area contributed by atoms with Crippen molar-refractivity contribution in [2.75, 3.05) is 26.2 Å². The van der Waals surface area contributed by atoms with Crippen LogP contribution in [-0.2, 0) is 14.8 Å². The van der Waals surface area contributed by atoms with Crippen molar-refractivity contribution in [3.05, 3.63) is 29.8 Å². The van der Waals surface area contributed by atoms with E-state index in [9.17, 15) is 13.2 Å². The lowest BCUT2D eigenvalue weighted by molar-refractivity contribution is -0.137. The van der Waals surface area contributed by atoms with Gasteiger partial charge in [-0.3, -0.25) is 4.79 Å². The van der Waals surface area contributed by atoms with Gasteiger partial charge in [-0.05, 0) is 50.2 Å². The molecule has 2 aliphatic heterocycles. The van der Waals surface area contributed by atoms with Crippen LogP contribution in [0.1, 0.15) is 44.6 Å². The number of carbonyl (C=O) groups excluding carboxylic acids is 1. The van der Waals surface area contributed by atoms with E-state index in [0.29, 0.717) is 30.4 Å². The van der Waals surface area contributed by atoms with Crippen LogP contribution in [-0.4, -0.2) is 56.1 Å². The molecule has 1 saturated carbocycles. The van der Waals surface area contributed by atoms with Gasteiger partial charge in [0, 0.05) is 37.7 Å². The zero-order chi connectivity index (χ0) is 19.0. The number of hydrogen-bond acceptors (Lipinski definition) is 4. The highest BCUT2D eigenvalue weighted by Crippen LogP contribution is 2.32. The van der Waals surface area contributed by atoms with Gasteiger partial charge in [0.1, 0.15) is 4.90 Å². The minimum absolute atomic E-state index is 0.0420. The van der Waals surface area contributed by atoms with E-state index >= 15 is 0 Å². The molecule has 3 aliphatic rings. The molecule has 1 aromatic rings. The number of piperidine rings is 1. The van der Waals surface area contributed by atoms with Gasteiger partial charge in [0.05, 0.1) is 0 Å². The molecule has 0 radical (unpaired) electrons. The van der Waals surface area contributed by atoms with Gasteiger partial charge < -0.3 is 9.80 Å². The summed E-state index contributed by atoms with van der Waals surface area (Å²) < 4.78 is 28.6. The van der Waals surface area contributed by atoms with Crippen LogP contribution in [0.15, 0.2) is 33.6 Å². The molecule has 1 saturated heterocycles. The van der Waals surface area contributed by atoms with Crippen molar-refractivity contribution in [2.45, 2.75) is 43.9 Å². The lowest BCUT2D eigenvalue weighted by atomic mass is 9.94. The van der Waals surface area contributed by atoms with E-state index in [2.05, 4.69) is 16.2 Å². The third kappa shape index (κ3) is 3.74. The third-order valence-corrected chi connectivity index (χ3v) is 7.06. The predicted octanol–water partition coefficient (Wildman–Crippen LogP) is 2.50. The van der Waals surface area contributed by atoms with Crippen molar-refractivity contribution in [1.29, 1.82) is 0 Å². The highest BCUT2D eigenvalue weighted by molar-refractivity contribution is 7.90. The lowest BCUT2D eigenvalue weighted by Gasteiger charge is -2.35. The topological polar surface area (TPSA) is 70.1 Å². The number of amidine groups is 1. The number of nitrogens with zero attached hydrogens (tertiary/aromatic N) is 3. The molecule has 7 heteroatoms. The summed E-state index contributed by atoms with van der Waals surface area (Å²) in [6.45, 7) is 5.20. The number of amides is 1. The quantitative estimate of drug-likeness (QED) is 0.776. The van der Waals surface area contributed by atoms with Crippen LogP contribution in [0.4, 0.5) is 0 Å². The van der Waals surface area contributed by atoms with Gasteiger partial charge in [0.2, 0.25) is 5.91 Å². The monoisotopic (exact) mass is 389 g/mol. The summed E-state index contributed by atoms with van der Waals surface area (Å²) in [6, 6.07) is 6.99. The molecule has 146 valence electrons. The maximum absolute atomic E-state index is 13.0. The van der Waals surface area contributed by atoms with Crippen LogP contribution in [0.25, 0.3) is 0 Å². The molecule has 1 aliphatic carbocycles. The molecular weight excluding hydrogens is 362 g/mol. The van der Waals surface area contributed by atoms with Crippen LogP contribution < -0.4 is 0 Å². The minimum atomic E-state index is -3.59. The van der Waals surface area contributed by atoms with Crippen LogP contribution in [0, 0.1) is 11.8 Å². The summed E-state index contributed by atoms with van der Waals surface area (Å²) in [5.74, 6) is 1.57. The third-order valence-electron chi connectivity index (χ3n) is 5.74. The van der Waals surface area contributed by atoms with E-state index in [0.717, 1.165) is 32.4 Å². The first-order valence-electron chi connectivity index (χ1n) is 9.97. The Morgan fingerprint density at radius 3 is 2.56 bits per heavy atom. The van der Waals surface area contributed by atoms with E-state index in [-0.39, 0.29) is 16.7 Å². The van der Waals surface area contributed by atoms with E-state index in [4.69, 9.17) is 0 Å². The van der Waals surface area contributed by atoms with Crippen molar-refractivity contribution < 1.29 is 13.2 Å². The molecule has 6 nitrogen and oxygen atoms in total. The van der Waals surface area contributed by atoms with Gasteiger partial charge in [-0.1, -0.05) is 19.1 Å². The predicted molar refractivity (Wildman–Crippen MR) is 104 cm³/mol. The smallest absolute Gasteiger partial charge is 0.285 e. The summed E-state index contributed by atoms with van der Waals surface area (Å²) in [4.78, 5) is 17.3. The molecule has 2 heterocycles. The van der Waals surface area contributed by atoms with Gasteiger partial charge >= 0.3 is 0 Å². The number of fused-ring (bicyclic) bond motifs is 1. The molecule has 1 aromatic carbocycles. The molecule has 0 spiro atoms. The Hall–Kier alpha value is -1.89. The van der Waals surface area contributed by atoms with Crippen LogP contribution >= 0.6 is 0 Å². The first-order chi connectivity index (χ1) is 13.0. The second kappa shape index (κ2) is 7.26. The van der Waals surface area contributed by atoms with Crippen molar-refractivity contribution >= 4 is 21.8 Å². The fraction of sp³-hybridized carbons (Fsp3) is 0.600. The number of hydrogen-bond donors (Lipinski definition) is 0. The lowest BCUT2D eigenvalue weighted by Crippen LogP contribution is -2.45. The van der Waals surface area contributed by atoms with Gasteiger partial charge in [0.25, 0.3) is 10.0 Å². The first-order valence-corrected chi connectivity index (χ1v) is 11.4. The number of rotatable bonds is 5. The van der Waals surface area contributed by atoms with Gasteiger partial charge in [-0.15, -0.1) is 4.40 Å². The molecule has 0 bridgehead atoms. The number of benzene rings is 1. The molecule has 0 N–H and O–H groups in total.